The molecule has 0 aliphatic carbocycles. The van der Waals surface area contributed by atoms with Gasteiger partial charge in [0.15, 0.2) is 5.82 Å². The highest BCUT2D eigenvalue weighted by molar-refractivity contribution is 5.76. The van der Waals surface area contributed by atoms with Gasteiger partial charge in [0.1, 0.15) is 0 Å². The zero-order valence-corrected chi connectivity index (χ0v) is 9.24. The Labute approximate surface area is 86.8 Å². The number of carbonyl (C=O) groups excluding carboxylic acids is 1. The first-order valence-electron chi connectivity index (χ1n) is 4.48. The summed E-state index contributed by atoms with van der Waals surface area (Å²) in [6.07, 6.45) is 0. The van der Waals surface area contributed by atoms with Gasteiger partial charge in [-0.2, -0.15) is 4.68 Å². The predicted molar refractivity (Wildman–Crippen MR) is 55.1 cm³/mol. The second kappa shape index (κ2) is 3.41. The Balaban J connectivity index is 3.03. The van der Waals surface area contributed by atoms with Gasteiger partial charge in [-0.25, -0.2) is 9.59 Å². The van der Waals surface area contributed by atoms with Gasteiger partial charge in [-0.3, -0.25) is 0 Å². The summed E-state index contributed by atoms with van der Waals surface area (Å²) >= 11 is 0. The molecule has 0 spiro atoms. The molecule has 7 nitrogen and oxygen atoms in total. The molecule has 3 N–H and O–H groups in total. The Morgan fingerprint density at radius 3 is 2.33 bits per heavy atom. The zero-order valence-electron chi connectivity index (χ0n) is 9.24. The minimum atomic E-state index is -0.658. The summed E-state index contributed by atoms with van der Waals surface area (Å²) in [4.78, 5) is 23.0. The molecule has 0 aliphatic heterocycles. The van der Waals surface area contributed by atoms with E-state index in [0.29, 0.717) is 4.68 Å². The van der Waals surface area contributed by atoms with E-state index in [1.165, 1.54) is 0 Å². The molecule has 0 unspecified atom stereocenters. The molecular formula is C8H15N5O2. The maximum Gasteiger partial charge on any atom is 0.373 e. The number of amides is 1. The van der Waals surface area contributed by atoms with Gasteiger partial charge in [-0.05, 0) is 27.7 Å². The van der Waals surface area contributed by atoms with Gasteiger partial charge in [-0.1, -0.05) is 0 Å². The average molecular weight is 213 g/mol. The average Bonchev–Trinajstić information content (AvgIpc) is 2.30. The summed E-state index contributed by atoms with van der Waals surface area (Å²) < 4.78 is 1.53. The minimum Gasteiger partial charge on any atom is -0.333 e. The van der Waals surface area contributed by atoms with Gasteiger partial charge in [-0.15, -0.1) is 9.78 Å². The van der Waals surface area contributed by atoms with Crippen LogP contribution in [0.25, 0.3) is 0 Å². The van der Waals surface area contributed by atoms with Crippen molar-refractivity contribution >= 4 is 6.03 Å². The van der Waals surface area contributed by atoms with Crippen LogP contribution in [0.5, 0.6) is 0 Å². The van der Waals surface area contributed by atoms with Crippen molar-refractivity contribution in [3.05, 3.63) is 16.3 Å². The lowest BCUT2D eigenvalue weighted by Crippen LogP contribution is -2.47. The first-order chi connectivity index (χ1) is 6.72. The van der Waals surface area contributed by atoms with E-state index in [2.05, 4.69) is 10.4 Å². The Morgan fingerprint density at radius 1 is 1.47 bits per heavy atom. The van der Waals surface area contributed by atoms with Crippen molar-refractivity contribution in [2.45, 2.75) is 33.2 Å². The van der Waals surface area contributed by atoms with Crippen LogP contribution in [0.2, 0.25) is 0 Å². The van der Waals surface area contributed by atoms with Crippen molar-refractivity contribution < 1.29 is 4.79 Å². The van der Waals surface area contributed by atoms with Crippen LogP contribution in [0.1, 0.15) is 26.6 Å². The quantitative estimate of drug-likeness (QED) is 0.564. The lowest BCUT2D eigenvalue weighted by molar-refractivity contribution is 0.229. The van der Waals surface area contributed by atoms with E-state index in [1.807, 2.05) is 20.8 Å². The molecule has 0 atom stereocenters. The molecule has 0 bridgehead atoms. The van der Waals surface area contributed by atoms with Gasteiger partial charge in [0.2, 0.25) is 0 Å². The van der Waals surface area contributed by atoms with E-state index in [9.17, 15) is 9.59 Å². The molecule has 1 rings (SSSR count). The summed E-state index contributed by atoms with van der Waals surface area (Å²) in [6, 6.07) is -0.584. The SMILES string of the molecule is Cc1nn(C(=O)NC(C)(C)C)c(=O)n1N. The number of rotatable bonds is 0. The second-order valence-electron chi connectivity index (χ2n) is 4.29. The fourth-order valence-corrected chi connectivity index (χ4v) is 0.982. The van der Waals surface area contributed by atoms with E-state index in [1.54, 1.807) is 6.92 Å². The summed E-state index contributed by atoms with van der Waals surface area (Å²) in [5.41, 5.74) is -1.09. The number of nitrogens with two attached hydrogens (primary N) is 1. The molecule has 7 heteroatoms. The highest BCUT2D eigenvalue weighted by Crippen LogP contribution is 1.98. The normalized spacial score (nSPS) is 11.5. The van der Waals surface area contributed by atoms with Crippen LogP contribution in [0, 0.1) is 6.92 Å². The van der Waals surface area contributed by atoms with Gasteiger partial charge in [0, 0.05) is 5.54 Å². The number of hydrogen-bond acceptors (Lipinski definition) is 4. The van der Waals surface area contributed by atoms with Crippen molar-refractivity contribution in [2.75, 3.05) is 5.84 Å². The molecule has 0 aromatic carbocycles. The van der Waals surface area contributed by atoms with Crippen LogP contribution >= 0.6 is 0 Å². The van der Waals surface area contributed by atoms with E-state index in [4.69, 9.17) is 5.84 Å². The number of nitrogen functional groups attached to an aromatic ring is 1. The van der Waals surface area contributed by atoms with Crippen LogP contribution in [0.4, 0.5) is 4.79 Å². The standard InChI is InChI=1S/C8H15N5O2/c1-5-11-13(7(15)12(5)9)6(14)10-8(2,3)4/h9H2,1-4H3,(H,10,14). The van der Waals surface area contributed by atoms with Crippen molar-refractivity contribution in [3.63, 3.8) is 0 Å². The largest absolute Gasteiger partial charge is 0.373 e. The summed E-state index contributed by atoms with van der Waals surface area (Å²) in [5, 5.41) is 6.33. The van der Waals surface area contributed by atoms with Crippen LogP contribution < -0.4 is 16.8 Å². The molecule has 1 heterocycles. The molecule has 0 radical (unpaired) electrons. The first kappa shape index (κ1) is 11.3. The zero-order chi connectivity index (χ0) is 11.8. The monoisotopic (exact) mass is 213 g/mol. The minimum absolute atomic E-state index is 0.282. The number of nitrogens with zero attached hydrogens (tertiary/aromatic N) is 3. The fourth-order valence-electron chi connectivity index (χ4n) is 0.982. The molecule has 1 aromatic rings. The van der Waals surface area contributed by atoms with E-state index in [0.717, 1.165) is 4.68 Å². The van der Waals surface area contributed by atoms with E-state index >= 15 is 0 Å². The molecule has 0 saturated carbocycles. The van der Waals surface area contributed by atoms with Gasteiger partial charge in [0.25, 0.3) is 0 Å². The maximum absolute atomic E-state index is 11.6. The molecule has 1 amide bonds. The fraction of sp³-hybridized carbons (Fsp3) is 0.625. The number of hydrogen-bond donors (Lipinski definition) is 2. The molecular weight excluding hydrogens is 198 g/mol. The second-order valence-corrected chi connectivity index (χ2v) is 4.29. The number of aromatic nitrogens is 3. The molecule has 0 saturated heterocycles. The van der Waals surface area contributed by atoms with Crippen LogP contribution in [-0.4, -0.2) is 26.0 Å². The molecule has 0 aliphatic rings. The van der Waals surface area contributed by atoms with Crippen LogP contribution in [0.3, 0.4) is 0 Å². The van der Waals surface area contributed by atoms with E-state index < -0.39 is 17.3 Å². The maximum atomic E-state index is 11.6. The third-order valence-electron chi connectivity index (χ3n) is 1.65. The Morgan fingerprint density at radius 2 is 2.00 bits per heavy atom. The van der Waals surface area contributed by atoms with Crippen LogP contribution in [-0.2, 0) is 0 Å². The summed E-state index contributed by atoms with van der Waals surface area (Å²) in [5.74, 6) is 5.63. The van der Waals surface area contributed by atoms with E-state index in [-0.39, 0.29) is 5.82 Å². The molecule has 0 fully saturated rings. The first-order valence-corrected chi connectivity index (χ1v) is 4.48. The topological polar surface area (TPSA) is 94.9 Å². The van der Waals surface area contributed by atoms with Gasteiger partial charge in [0.05, 0.1) is 0 Å². The number of aryl methyl sites for hydroxylation is 1. The lowest BCUT2D eigenvalue weighted by atomic mass is 10.1. The van der Waals surface area contributed by atoms with Gasteiger partial charge < -0.3 is 11.2 Å². The molecule has 1 aromatic heterocycles. The van der Waals surface area contributed by atoms with Crippen LogP contribution in [0.15, 0.2) is 4.79 Å². The van der Waals surface area contributed by atoms with Crippen molar-refractivity contribution in [2.24, 2.45) is 0 Å². The number of nitrogens with one attached hydrogen (secondary N) is 1. The Hall–Kier alpha value is -1.79. The summed E-state index contributed by atoms with van der Waals surface area (Å²) in [7, 11) is 0. The highest BCUT2D eigenvalue weighted by Gasteiger charge is 2.19. The molecule has 15 heavy (non-hydrogen) atoms. The third-order valence-corrected chi connectivity index (χ3v) is 1.65. The smallest absolute Gasteiger partial charge is 0.333 e. The predicted octanol–water partition coefficient (Wildman–Crippen LogP) is -0.577. The Bertz CT molecular complexity index is 437. The Kier molecular flexibility index (Phi) is 2.57. The lowest BCUT2D eigenvalue weighted by Gasteiger charge is -2.19. The third kappa shape index (κ3) is 2.36. The van der Waals surface area contributed by atoms with Gasteiger partial charge >= 0.3 is 11.7 Å². The number of carbonyl (C=O) groups is 1. The molecule has 84 valence electrons. The summed E-state index contributed by atoms with van der Waals surface area (Å²) in [6.45, 7) is 6.97. The highest BCUT2D eigenvalue weighted by atomic mass is 16.2. The van der Waals surface area contributed by atoms with Crippen molar-refractivity contribution in [3.8, 4) is 0 Å². The van der Waals surface area contributed by atoms with Crippen molar-refractivity contribution in [1.29, 1.82) is 0 Å². The van der Waals surface area contributed by atoms with Crippen molar-refractivity contribution in [1.82, 2.24) is 19.8 Å².